The topological polar surface area (TPSA) is 73.2 Å². The van der Waals surface area contributed by atoms with Crippen molar-refractivity contribution in [2.45, 2.75) is 32.8 Å². The van der Waals surface area contributed by atoms with Crippen molar-refractivity contribution in [1.82, 2.24) is 14.9 Å². The Kier molecular flexibility index (Phi) is 4.47. The molecule has 0 aliphatic rings. The Bertz CT molecular complexity index is 432. The summed E-state index contributed by atoms with van der Waals surface area (Å²) in [6.07, 6.45) is 2.95. The number of aromatic nitrogens is 2. The molecule has 1 aromatic heterocycles. The van der Waals surface area contributed by atoms with Crippen LogP contribution in [-0.2, 0) is 11.8 Å². The molecule has 1 amide bonds. The maximum Gasteiger partial charge on any atom is 0.407 e. The molecule has 18 heavy (non-hydrogen) atoms. The number of ketones is 1. The van der Waals surface area contributed by atoms with E-state index in [4.69, 9.17) is 4.74 Å². The number of carbonyl (C=O) groups excluding carboxylic acids is 2. The molecule has 0 aromatic carbocycles. The summed E-state index contributed by atoms with van der Waals surface area (Å²) < 4.78 is 6.70. The zero-order valence-electron chi connectivity index (χ0n) is 11.2. The Morgan fingerprint density at radius 2 is 2.11 bits per heavy atom. The van der Waals surface area contributed by atoms with Gasteiger partial charge in [0.2, 0.25) is 0 Å². The van der Waals surface area contributed by atoms with Crippen LogP contribution in [0.4, 0.5) is 4.79 Å². The zero-order chi connectivity index (χ0) is 13.8. The van der Waals surface area contributed by atoms with E-state index in [1.54, 1.807) is 44.8 Å². The van der Waals surface area contributed by atoms with Crippen LogP contribution in [0.3, 0.4) is 0 Å². The van der Waals surface area contributed by atoms with E-state index < -0.39 is 11.7 Å². The molecule has 6 heteroatoms. The van der Waals surface area contributed by atoms with Gasteiger partial charge < -0.3 is 14.6 Å². The number of aryl methyl sites for hydroxylation is 1. The third-order valence-corrected chi connectivity index (χ3v) is 2.09. The van der Waals surface area contributed by atoms with Gasteiger partial charge in [-0.05, 0) is 20.8 Å². The highest BCUT2D eigenvalue weighted by Crippen LogP contribution is 2.06. The van der Waals surface area contributed by atoms with Gasteiger partial charge >= 0.3 is 6.09 Å². The van der Waals surface area contributed by atoms with Gasteiger partial charge in [-0.25, -0.2) is 9.78 Å². The Morgan fingerprint density at radius 1 is 1.44 bits per heavy atom. The lowest BCUT2D eigenvalue weighted by molar-refractivity contribution is 0.0527. The van der Waals surface area contributed by atoms with Gasteiger partial charge in [0, 0.05) is 32.4 Å². The molecule has 6 nitrogen and oxygen atoms in total. The van der Waals surface area contributed by atoms with Crippen LogP contribution in [0.5, 0.6) is 0 Å². The molecule has 1 aromatic rings. The molecule has 1 heterocycles. The van der Waals surface area contributed by atoms with Gasteiger partial charge in [0.05, 0.1) is 0 Å². The number of rotatable bonds is 4. The van der Waals surface area contributed by atoms with Gasteiger partial charge in [0.25, 0.3) is 0 Å². The summed E-state index contributed by atoms with van der Waals surface area (Å²) in [5.41, 5.74) is -0.534. The average molecular weight is 253 g/mol. The van der Waals surface area contributed by atoms with Crippen molar-refractivity contribution in [3.8, 4) is 0 Å². The van der Waals surface area contributed by atoms with Gasteiger partial charge in [0.1, 0.15) is 5.60 Å². The van der Waals surface area contributed by atoms with Gasteiger partial charge in [-0.3, -0.25) is 4.79 Å². The second-order valence-corrected chi connectivity index (χ2v) is 4.96. The monoisotopic (exact) mass is 253 g/mol. The number of imidazole rings is 1. The molecule has 100 valence electrons. The van der Waals surface area contributed by atoms with Crippen molar-refractivity contribution in [3.05, 3.63) is 18.2 Å². The molecule has 0 aliphatic heterocycles. The lowest BCUT2D eigenvalue weighted by Crippen LogP contribution is -2.33. The van der Waals surface area contributed by atoms with Crippen molar-refractivity contribution in [1.29, 1.82) is 0 Å². The highest BCUT2D eigenvalue weighted by molar-refractivity contribution is 5.93. The highest BCUT2D eigenvalue weighted by Gasteiger charge is 2.16. The number of ether oxygens (including phenoxy) is 1. The molecule has 0 bridgehead atoms. The molecular formula is C12H19N3O3. The van der Waals surface area contributed by atoms with Crippen molar-refractivity contribution in [3.63, 3.8) is 0 Å². The Hall–Kier alpha value is -1.85. The summed E-state index contributed by atoms with van der Waals surface area (Å²) in [5, 5.41) is 2.53. The SMILES string of the molecule is Cn1ccnc1C(=O)CCNC(=O)OC(C)(C)C. The normalized spacial score (nSPS) is 11.1. The van der Waals surface area contributed by atoms with E-state index >= 15 is 0 Å². The van der Waals surface area contributed by atoms with Crippen LogP contribution in [0.1, 0.15) is 37.8 Å². The van der Waals surface area contributed by atoms with E-state index in [-0.39, 0.29) is 18.7 Å². The molecule has 0 radical (unpaired) electrons. The quantitative estimate of drug-likeness (QED) is 0.826. The first-order chi connectivity index (χ1) is 8.29. The van der Waals surface area contributed by atoms with E-state index in [0.717, 1.165) is 0 Å². The third kappa shape index (κ3) is 4.57. The number of nitrogens with zero attached hydrogens (tertiary/aromatic N) is 2. The minimum atomic E-state index is -0.534. The second-order valence-electron chi connectivity index (χ2n) is 4.96. The molecule has 1 N–H and O–H groups in total. The van der Waals surface area contributed by atoms with Gasteiger partial charge in [-0.15, -0.1) is 0 Å². The van der Waals surface area contributed by atoms with Crippen LogP contribution in [-0.4, -0.2) is 33.6 Å². The van der Waals surface area contributed by atoms with E-state index in [2.05, 4.69) is 10.3 Å². The largest absolute Gasteiger partial charge is 0.444 e. The summed E-state index contributed by atoms with van der Waals surface area (Å²) in [7, 11) is 1.75. The minimum absolute atomic E-state index is 0.112. The third-order valence-electron chi connectivity index (χ3n) is 2.09. The first-order valence-electron chi connectivity index (χ1n) is 5.77. The fraction of sp³-hybridized carbons (Fsp3) is 0.583. The predicted molar refractivity (Wildman–Crippen MR) is 66.4 cm³/mol. The fourth-order valence-corrected chi connectivity index (χ4v) is 1.34. The van der Waals surface area contributed by atoms with E-state index in [0.29, 0.717) is 5.82 Å². The first kappa shape index (κ1) is 14.2. The lowest BCUT2D eigenvalue weighted by atomic mass is 10.2. The van der Waals surface area contributed by atoms with Crippen LogP contribution >= 0.6 is 0 Å². The minimum Gasteiger partial charge on any atom is -0.444 e. The number of amides is 1. The number of hydrogen-bond acceptors (Lipinski definition) is 4. The van der Waals surface area contributed by atoms with Crippen molar-refractivity contribution < 1.29 is 14.3 Å². The number of alkyl carbamates (subject to hydrolysis) is 1. The van der Waals surface area contributed by atoms with Crippen molar-refractivity contribution in [2.24, 2.45) is 7.05 Å². The van der Waals surface area contributed by atoms with Crippen LogP contribution in [0, 0.1) is 0 Å². The zero-order valence-corrected chi connectivity index (χ0v) is 11.2. The molecule has 0 saturated heterocycles. The van der Waals surface area contributed by atoms with E-state index in [1.807, 2.05) is 0 Å². The summed E-state index contributed by atoms with van der Waals surface area (Å²) in [6, 6.07) is 0. The molecule has 0 atom stereocenters. The van der Waals surface area contributed by atoms with Crippen molar-refractivity contribution >= 4 is 11.9 Å². The van der Waals surface area contributed by atoms with Crippen LogP contribution in [0.2, 0.25) is 0 Å². The number of Topliss-reactive ketones (excluding diaryl/α,β-unsaturated/α-hetero) is 1. The standard InChI is InChI=1S/C12H19N3O3/c1-12(2,3)18-11(17)14-6-5-9(16)10-13-7-8-15(10)4/h7-8H,5-6H2,1-4H3,(H,14,17). The summed E-state index contributed by atoms with van der Waals surface area (Å²) in [5.74, 6) is 0.277. The van der Waals surface area contributed by atoms with Gasteiger partial charge in [0.15, 0.2) is 11.6 Å². The van der Waals surface area contributed by atoms with Gasteiger partial charge in [-0.2, -0.15) is 0 Å². The fourth-order valence-electron chi connectivity index (χ4n) is 1.34. The number of carbonyl (C=O) groups is 2. The van der Waals surface area contributed by atoms with Crippen molar-refractivity contribution in [2.75, 3.05) is 6.54 Å². The molecule has 0 aliphatic carbocycles. The molecule has 0 unspecified atom stereocenters. The summed E-state index contributed by atoms with van der Waals surface area (Å²) in [4.78, 5) is 27.0. The first-order valence-corrected chi connectivity index (χ1v) is 5.77. The summed E-state index contributed by atoms with van der Waals surface area (Å²) >= 11 is 0. The molecular weight excluding hydrogens is 234 g/mol. The molecule has 1 rings (SSSR count). The highest BCUT2D eigenvalue weighted by atomic mass is 16.6. The summed E-state index contributed by atoms with van der Waals surface area (Å²) in [6.45, 7) is 5.59. The van der Waals surface area contributed by atoms with Crippen LogP contribution < -0.4 is 5.32 Å². The number of hydrogen-bond donors (Lipinski definition) is 1. The number of nitrogens with one attached hydrogen (secondary N) is 1. The van der Waals surface area contributed by atoms with E-state index in [9.17, 15) is 9.59 Å². The van der Waals surface area contributed by atoms with Crippen LogP contribution in [0.25, 0.3) is 0 Å². The van der Waals surface area contributed by atoms with Crippen LogP contribution in [0.15, 0.2) is 12.4 Å². The predicted octanol–water partition coefficient (Wildman–Crippen LogP) is 1.52. The van der Waals surface area contributed by atoms with Gasteiger partial charge in [-0.1, -0.05) is 0 Å². The van der Waals surface area contributed by atoms with E-state index in [1.165, 1.54) is 0 Å². The second kappa shape index (κ2) is 5.66. The average Bonchev–Trinajstić information content (AvgIpc) is 2.61. The lowest BCUT2D eigenvalue weighted by Gasteiger charge is -2.19. The Labute approximate surface area is 106 Å². The molecule has 0 saturated carbocycles. The maximum atomic E-state index is 11.7. The Morgan fingerprint density at radius 3 is 2.61 bits per heavy atom. The molecule has 0 fully saturated rings. The smallest absolute Gasteiger partial charge is 0.407 e. The molecule has 0 spiro atoms. The Balaban J connectivity index is 2.33. The maximum absolute atomic E-state index is 11.7.